The fourth-order valence-corrected chi connectivity index (χ4v) is 4.40. The molecule has 1 aromatic heterocycles. The number of benzene rings is 2. The van der Waals surface area contributed by atoms with E-state index in [-0.39, 0.29) is 12.5 Å². The van der Waals surface area contributed by atoms with Crippen molar-refractivity contribution >= 4 is 17.8 Å². The van der Waals surface area contributed by atoms with E-state index in [0.717, 1.165) is 22.4 Å². The number of nitrogens with zero attached hydrogens (tertiary/aromatic N) is 2. The van der Waals surface area contributed by atoms with Gasteiger partial charge in [-0.05, 0) is 47.9 Å². The molecule has 1 unspecified atom stereocenters. The maximum atomic E-state index is 13.1. The summed E-state index contributed by atoms with van der Waals surface area (Å²) in [4.78, 5) is 44.2. The first-order valence-corrected chi connectivity index (χ1v) is 10.5. The smallest absolute Gasteiger partial charge is 0.322 e. The predicted molar refractivity (Wildman–Crippen MR) is 120 cm³/mol. The fraction of sp³-hybridized carbons (Fsp3) is 0.200. The molecular formula is C25H22N4O4. The normalized spacial score (nSPS) is 19.3. The molecule has 1 saturated heterocycles. The fourth-order valence-electron chi connectivity index (χ4n) is 4.40. The lowest BCUT2D eigenvalue weighted by Crippen LogP contribution is -2.52. The van der Waals surface area contributed by atoms with Gasteiger partial charge in [0.05, 0.1) is 19.3 Å². The second-order valence-corrected chi connectivity index (χ2v) is 8.29. The third-order valence-electron chi connectivity index (χ3n) is 6.15. The number of rotatable bonds is 5. The van der Waals surface area contributed by atoms with Crippen LogP contribution in [0.5, 0.6) is 5.75 Å². The lowest BCUT2D eigenvalue weighted by Gasteiger charge is -2.31. The van der Waals surface area contributed by atoms with Gasteiger partial charge in [-0.25, -0.2) is 4.79 Å². The van der Waals surface area contributed by atoms with Gasteiger partial charge in [0.15, 0.2) is 5.54 Å². The van der Waals surface area contributed by atoms with Crippen molar-refractivity contribution in [3.8, 4) is 17.0 Å². The van der Waals surface area contributed by atoms with Crippen LogP contribution in [0.3, 0.4) is 0 Å². The minimum absolute atomic E-state index is 0.00242. The van der Waals surface area contributed by atoms with E-state index in [1.807, 2.05) is 37.3 Å². The number of hydrogen-bond donors (Lipinski definition) is 2. The molecule has 4 amide bonds. The van der Waals surface area contributed by atoms with Crippen molar-refractivity contribution in [1.82, 2.24) is 20.5 Å². The van der Waals surface area contributed by atoms with Crippen LogP contribution in [-0.2, 0) is 16.9 Å². The SMILES string of the molecule is COc1ccc2c(c1)C(=O)N(CC1(c3ccc(-c4cc(C)ccn4)cc3)NC(=O)NC1=O)C2. The molecule has 5 rings (SSSR count). The average molecular weight is 442 g/mol. The molecule has 0 radical (unpaired) electrons. The zero-order chi connectivity index (χ0) is 23.2. The zero-order valence-electron chi connectivity index (χ0n) is 18.2. The number of pyridine rings is 1. The molecule has 3 aromatic rings. The van der Waals surface area contributed by atoms with Crippen LogP contribution < -0.4 is 15.4 Å². The van der Waals surface area contributed by atoms with Gasteiger partial charge in [-0.1, -0.05) is 30.3 Å². The molecule has 8 heteroatoms. The van der Waals surface area contributed by atoms with Gasteiger partial charge < -0.3 is 15.0 Å². The summed E-state index contributed by atoms with van der Waals surface area (Å²) >= 11 is 0. The summed E-state index contributed by atoms with van der Waals surface area (Å²) in [5.74, 6) is -0.112. The number of carbonyl (C=O) groups excluding carboxylic acids is 3. The molecule has 0 saturated carbocycles. The Morgan fingerprint density at radius 2 is 1.85 bits per heavy atom. The van der Waals surface area contributed by atoms with E-state index in [1.54, 1.807) is 42.5 Å². The Kier molecular flexibility index (Phi) is 4.85. The van der Waals surface area contributed by atoms with E-state index < -0.39 is 17.5 Å². The molecule has 2 aliphatic heterocycles. The van der Waals surface area contributed by atoms with Crippen molar-refractivity contribution in [1.29, 1.82) is 0 Å². The number of aryl methyl sites for hydroxylation is 1. The lowest BCUT2D eigenvalue weighted by atomic mass is 9.88. The van der Waals surface area contributed by atoms with Crippen LogP contribution in [-0.4, -0.2) is 41.4 Å². The maximum absolute atomic E-state index is 13.1. The summed E-state index contributed by atoms with van der Waals surface area (Å²) in [5, 5.41) is 5.09. The number of imide groups is 1. The Labute approximate surface area is 190 Å². The minimum atomic E-state index is -1.39. The number of nitrogens with one attached hydrogen (secondary N) is 2. The summed E-state index contributed by atoms with van der Waals surface area (Å²) in [6, 6.07) is 16.0. The number of methoxy groups -OCH3 is 1. The molecule has 1 fully saturated rings. The zero-order valence-corrected chi connectivity index (χ0v) is 18.2. The van der Waals surface area contributed by atoms with E-state index in [1.165, 1.54) is 0 Å². The number of amides is 4. The summed E-state index contributed by atoms with van der Waals surface area (Å²) < 4.78 is 5.23. The van der Waals surface area contributed by atoms with E-state index in [4.69, 9.17) is 4.74 Å². The van der Waals surface area contributed by atoms with Crippen LogP contribution in [0.15, 0.2) is 60.8 Å². The molecule has 8 nitrogen and oxygen atoms in total. The van der Waals surface area contributed by atoms with E-state index in [0.29, 0.717) is 23.4 Å². The van der Waals surface area contributed by atoms with Gasteiger partial charge in [0.1, 0.15) is 5.75 Å². The van der Waals surface area contributed by atoms with Gasteiger partial charge in [-0.3, -0.25) is 19.9 Å². The average Bonchev–Trinajstić information content (AvgIpc) is 3.28. The van der Waals surface area contributed by atoms with Gasteiger partial charge >= 0.3 is 6.03 Å². The van der Waals surface area contributed by atoms with Gasteiger partial charge in [-0.2, -0.15) is 0 Å². The first-order valence-electron chi connectivity index (χ1n) is 10.5. The summed E-state index contributed by atoms with van der Waals surface area (Å²) in [6.45, 7) is 2.34. The Morgan fingerprint density at radius 1 is 1.06 bits per heavy atom. The molecule has 33 heavy (non-hydrogen) atoms. The van der Waals surface area contributed by atoms with Crippen LogP contribution in [0, 0.1) is 6.92 Å². The highest BCUT2D eigenvalue weighted by atomic mass is 16.5. The van der Waals surface area contributed by atoms with Gasteiger partial charge in [0, 0.05) is 23.9 Å². The number of ether oxygens (including phenoxy) is 1. The molecule has 2 aliphatic rings. The Morgan fingerprint density at radius 3 is 2.52 bits per heavy atom. The molecular weight excluding hydrogens is 420 g/mol. The van der Waals surface area contributed by atoms with Crippen LogP contribution in [0.1, 0.15) is 27.0 Å². The topological polar surface area (TPSA) is 101 Å². The molecule has 1 atom stereocenters. The Balaban J connectivity index is 1.48. The van der Waals surface area contributed by atoms with E-state index >= 15 is 0 Å². The molecule has 2 N–H and O–H groups in total. The van der Waals surface area contributed by atoms with Crippen molar-refractivity contribution < 1.29 is 19.1 Å². The third kappa shape index (κ3) is 3.49. The molecule has 166 valence electrons. The summed E-state index contributed by atoms with van der Waals surface area (Å²) in [5.41, 5.74) is 3.37. The largest absolute Gasteiger partial charge is 0.497 e. The molecule has 0 bridgehead atoms. The van der Waals surface area contributed by atoms with Gasteiger partial charge in [0.25, 0.3) is 11.8 Å². The second kappa shape index (κ2) is 7.74. The third-order valence-corrected chi connectivity index (χ3v) is 6.15. The number of hydrogen-bond acceptors (Lipinski definition) is 5. The standard InChI is InChI=1S/C25H22N4O4/c1-15-9-10-26-21(11-15)16-3-6-18(7-4-16)25(23(31)27-24(32)28-25)14-29-13-17-5-8-19(33-2)12-20(17)22(29)30/h3-12H,13-14H2,1-2H3,(H2,27,28,31,32). The van der Waals surface area contributed by atoms with Crippen LogP contribution >= 0.6 is 0 Å². The molecule has 2 aromatic carbocycles. The summed E-state index contributed by atoms with van der Waals surface area (Å²) in [6.07, 6.45) is 1.75. The number of aromatic nitrogens is 1. The highest BCUT2D eigenvalue weighted by Gasteiger charge is 2.50. The second-order valence-electron chi connectivity index (χ2n) is 8.29. The molecule has 3 heterocycles. The van der Waals surface area contributed by atoms with Crippen LogP contribution in [0.2, 0.25) is 0 Å². The Bertz CT molecular complexity index is 1290. The first kappa shape index (κ1) is 20.7. The number of urea groups is 1. The van der Waals surface area contributed by atoms with Crippen molar-refractivity contribution in [3.05, 3.63) is 83.0 Å². The van der Waals surface area contributed by atoms with E-state index in [9.17, 15) is 14.4 Å². The first-order chi connectivity index (χ1) is 15.9. The summed E-state index contributed by atoms with van der Waals surface area (Å²) in [7, 11) is 1.54. The van der Waals surface area contributed by atoms with Gasteiger partial charge in [0.2, 0.25) is 0 Å². The van der Waals surface area contributed by atoms with Crippen molar-refractivity contribution in [3.63, 3.8) is 0 Å². The van der Waals surface area contributed by atoms with Crippen LogP contribution in [0.4, 0.5) is 4.79 Å². The highest BCUT2D eigenvalue weighted by Crippen LogP contribution is 2.33. The monoisotopic (exact) mass is 442 g/mol. The van der Waals surface area contributed by atoms with Crippen molar-refractivity contribution in [2.24, 2.45) is 0 Å². The number of fused-ring (bicyclic) bond motifs is 1. The lowest BCUT2D eigenvalue weighted by molar-refractivity contribution is -0.124. The van der Waals surface area contributed by atoms with Crippen molar-refractivity contribution in [2.45, 2.75) is 19.0 Å². The quantitative estimate of drug-likeness (QED) is 0.592. The minimum Gasteiger partial charge on any atom is -0.497 e. The highest BCUT2D eigenvalue weighted by molar-refractivity contribution is 6.08. The van der Waals surface area contributed by atoms with Crippen molar-refractivity contribution in [2.75, 3.05) is 13.7 Å². The number of carbonyl (C=O) groups is 3. The Hall–Kier alpha value is -4.20. The molecule has 0 spiro atoms. The maximum Gasteiger partial charge on any atom is 0.322 e. The van der Waals surface area contributed by atoms with E-state index in [2.05, 4.69) is 15.6 Å². The molecule has 0 aliphatic carbocycles. The van der Waals surface area contributed by atoms with Crippen LogP contribution in [0.25, 0.3) is 11.3 Å². The predicted octanol–water partition coefficient (Wildman–Crippen LogP) is 2.76. The van der Waals surface area contributed by atoms with Gasteiger partial charge in [-0.15, -0.1) is 0 Å².